The van der Waals surface area contributed by atoms with Crippen LogP contribution in [0.25, 0.3) is 0 Å². The zero-order valence-corrected chi connectivity index (χ0v) is 11.8. The molecular formula is C10H10F3N3O2S2. The lowest BCUT2D eigenvalue weighted by Gasteiger charge is -2.21. The van der Waals surface area contributed by atoms with Gasteiger partial charge in [0.2, 0.25) is 0 Å². The van der Waals surface area contributed by atoms with Crippen molar-refractivity contribution in [2.24, 2.45) is 0 Å². The zero-order chi connectivity index (χ0) is 15.3. The van der Waals surface area contributed by atoms with Gasteiger partial charge in [0.25, 0.3) is 0 Å². The molecule has 0 radical (unpaired) electrons. The fourth-order valence-electron chi connectivity index (χ4n) is 1.78. The summed E-state index contributed by atoms with van der Waals surface area (Å²) in [7, 11) is -3.84. The van der Waals surface area contributed by atoms with Gasteiger partial charge in [-0.1, -0.05) is 0 Å². The summed E-state index contributed by atoms with van der Waals surface area (Å²) >= 11 is 0.620. The quantitative estimate of drug-likeness (QED) is 0.887. The number of rotatable bonds is 3. The number of nitrogens with zero attached hydrogens (tertiary/aromatic N) is 1. The number of thiophene rings is 1. The van der Waals surface area contributed by atoms with Crippen molar-refractivity contribution in [3.63, 3.8) is 0 Å². The molecule has 0 atom stereocenters. The lowest BCUT2D eigenvalue weighted by molar-refractivity contribution is -0.151. The first-order chi connectivity index (χ1) is 9.02. The van der Waals surface area contributed by atoms with E-state index in [1.807, 2.05) is 0 Å². The topological polar surface area (TPSA) is 96.0 Å². The second kappa shape index (κ2) is 4.26. The number of halogens is 3. The Hall–Kier alpha value is -1.47. The summed E-state index contributed by atoms with van der Waals surface area (Å²) in [6.45, 7) is 0. The van der Waals surface area contributed by atoms with Crippen molar-refractivity contribution < 1.29 is 21.6 Å². The Morgan fingerprint density at radius 1 is 1.45 bits per heavy atom. The highest BCUT2D eigenvalue weighted by molar-refractivity contribution is 7.91. The van der Waals surface area contributed by atoms with E-state index < -0.39 is 26.4 Å². The third kappa shape index (κ3) is 2.31. The van der Waals surface area contributed by atoms with E-state index in [-0.39, 0.29) is 28.4 Å². The van der Waals surface area contributed by atoms with E-state index >= 15 is 0 Å². The van der Waals surface area contributed by atoms with Gasteiger partial charge < -0.3 is 11.1 Å². The van der Waals surface area contributed by atoms with Crippen LogP contribution in [0, 0.1) is 11.3 Å². The number of hydrogen-bond donors (Lipinski definition) is 2. The van der Waals surface area contributed by atoms with E-state index in [4.69, 9.17) is 11.0 Å². The molecule has 0 aromatic carbocycles. The largest absolute Gasteiger partial charge is 0.411 e. The number of alkyl halides is 3. The van der Waals surface area contributed by atoms with E-state index in [2.05, 4.69) is 5.32 Å². The van der Waals surface area contributed by atoms with Crippen LogP contribution in [0.1, 0.15) is 17.7 Å². The predicted octanol–water partition coefficient (Wildman–Crippen LogP) is 2.11. The van der Waals surface area contributed by atoms with Crippen LogP contribution in [0.5, 0.6) is 0 Å². The van der Waals surface area contributed by atoms with Crippen molar-refractivity contribution >= 4 is 31.9 Å². The highest BCUT2D eigenvalue weighted by Gasteiger charge is 2.64. The maximum Gasteiger partial charge on any atom is 0.411 e. The van der Waals surface area contributed by atoms with Crippen LogP contribution in [-0.4, -0.2) is 26.4 Å². The van der Waals surface area contributed by atoms with E-state index in [9.17, 15) is 21.6 Å². The number of sulfone groups is 1. The van der Waals surface area contributed by atoms with Crippen LogP contribution in [0.15, 0.2) is 4.90 Å². The van der Waals surface area contributed by atoms with Crippen LogP contribution in [0.3, 0.4) is 0 Å². The monoisotopic (exact) mass is 325 g/mol. The molecule has 1 saturated carbocycles. The van der Waals surface area contributed by atoms with Crippen LogP contribution in [-0.2, 0) is 9.84 Å². The van der Waals surface area contributed by atoms with Crippen molar-refractivity contribution in [2.45, 2.75) is 29.5 Å². The molecule has 2 rings (SSSR count). The molecule has 1 aliphatic carbocycles. The van der Waals surface area contributed by atoms with Gasteiger partial charge in [-0.2, -0.15) is 18.4 Å². The lowest BCUT2D eigenvalue weighted by atomic mass is 10.2. The van der Waals surface area contributed by atoms with Crippen molar-refractivity contribution in [2.75, 3.05) is 17.3 Å². The molecule has 0 bridgehead atoms. The van der Waals surface area contributed by atoms with E-state index in [0.29, 0.717) is 11.3 Å². The van der Waals surface area contributed by atoms with Gasteiger partial charge in [-0.15, -0.1) is 11.3 Å². The summed E-state index contributed by atoms with van der Waals surface area (Å²) < 4.78 is 62.0. The van der Waals surface area contributed by atoms with Gasteiger partial charge in [-0.3, -0.25) is 0 Å². The summed E-state index contributed by atoms with van der Waals surface area (Å²) in [4.78, 5) is -0.555. The Bertz CT molecular complexity index is 697. The molecule has 0 amide bonds. The average molecular weight is 325 g/mol. The fraction of sp³-hybridized carbons (Fsp3) is 0.500. The predicted molar refractivity (Wildman–Crippen MR) is 68.2 cm³/mol. The minimum absolute atomic E-state index is 0.120. The van der Waals surface area contributed by atoms with Crippen molar-refractivity contribution in [3.05, 3.63) is 4.88 Å². The Morgan fingerprint density at radius 3 is 2.35 bits per heavy atom. The number of anilines is 2. The zero-order valence-electron chi connectivity index (χ0n) is 10.2. The van der Waals surface area contributed by atoms with Gasteiger partial charge in [-0.05, 0) is 12.8 Å². The Kier molecular flexibility index (Phi) is 3.18. The minimum Gasteiger partial charge on any atom is -0.396 e. The first kappa shape index (κ1) is 14.9. The van der Waals surface area contributed by atoms with Crippen LogP contribution >= 0.6 is 11.3 Å². The normalized spacial score (nSPS) is 17.6. The maximum absolute atomic E-state index is 12.9. The third-order valence-electron chi connectivity index (χ3n) is 3.02. The SMILES string of the molecule is CS(=O)(=O)c1c(NC2(C(F)(F)F)CC2)sc(C#N)c1N. The number of hydrogen-bond acceptors (Lipinski definition) is 6. The molecule has 20 heavy (non-hydrogen) atoms. The minimum atomic E-state index is -4.49. The molecule has 0 saturated heterocycles. The Labute approximate surface area is 117 Å². The first-order valence-corrected chi connectivity index (χ1v) is 8.10. The summed E-state index contributed by atoms with van der Waals surface area (Å²) in [5.74, 6) is 0. The Balaban J connectivity index is 2.52. The van der Waals surface area contributed by atoms with Gasteiger partial charge in [0.1, 0.15) is 26.4 Å². The van der Waals surface area contributed by atoms with Crippen molar-refractivity contribution in [1.82, 2.24) is 0 Å². The van der Waals surface area contributed by atoms with Gasteiger partial charge >= 0.3 is 6.18 Å². The lowest BCUT2D eigenvalue weighted by Crippen LogP contribution is -2.38. The fourth-order valence-corrected chi connectivity index (χ4v) is 4.23. The Morgan fingerprint density at radius 2 is 2.00 bits per heavy atom. The molecule has 5 nitrogen and oxygen atoms in total. The third-order valence-corrected chi connectivity index (χ3v) is 5.34. The standard InChI is InChI=1S/C10H10F3N3O2S2/c1-20(17,18)7-6(15)5(4-14)19-8(7)16-9(2-3-9)10(11,12)13/h16H,2-3,15H2,1H3. The highest BCUT2D eigenvalue weighted by atomic mass is 32.2. The molecule has 110 valence electrons. The highest BCUT2D eigenvalue weighted by Crippen LogP contribution is 2.53. The molecule has 0 aliphatic heterocycles. The number of nitrogens with two attached hydrogens (primary N) is 1. The molecule has 1 aliphatic rings. The van der Waals surface area contributed by atoms with Crippen LogP contribution in [0.2, 0.25) is 0 Å². The smallest absolute Gasteiger partial charge is 0.396 e. The molecule has 1 aromatic heterocycles. The van der Waals surface area contributed by atoms with E-state index in [1.54, 1.807) is 6.07 Å². The summed E-state index contributed by atoms with van der Waals surface area (Å²) in [5, 5.41) is 10.8. The van der Waals surface area contributed by atoms with E-state index in [0.717, 1.165) is 6.26 Å². The molecule has 10 heteroatoms. The summed E-state index contributed by atoms with van der Waals surface area (Å²) in [5.41, 5.74) is 3.12. The molecule has 3 N–H and O–H groups in total. The van der Waals surface area contributed by atoms with Gasteiger partial charge in [0.05, 0.1) is 5.69 Å². The molecule has 1 heterocycles. The first-order valence-electron chi connectivity index (χ1n) is 5.39. The summed E-state index contributed by atoms with van der Waals surface area (Å²) in [6.07, 6.45) is -3.93. The van der Waals surface area contributed by atoms with Crippen LogP contribution < -0.4 is 11.1 Å². The van der Waals surface area contributed by atoms with Gasteiger partial charge in [0, 0.05) is 6.26 Å². The summed E-state index contributed by atoms with van der Waals surface area (Å²) in [6, 6.07) is 1.68. The average Bonchev–Trinajstić information content (AvgIpc) is 2.96. The molecule has 0 unspecified atom stereocenters. The molecule has 0 spiro atoms. The van der Waals surface area contributed by atoms with Crippen LogP contribution in [0.4, 0.5) is 23.9 Å². The molecule has 1 fully saturated rings. The van der Waals surface area contributed by atoms with Crippen molar-refractivity contribution in [3.8, 4) is 6.07 Å². The maximum atomic E-state index is 12.9. The second-order valence-corrected chi connectivity index (χ2v) is 7.57. The van der Waals surface area contributed by atoms with E-state index in [1.165, 1.54) is 0 Å². The molecule has 1 aromatic rings. The number of nitrogen functional groups attached to an aromatic ring is 1. The van der Waals surface area contributed by atoms with Crippen molar-refractivity contribution in [1.29, 1.82) is 5.26 Å². The van der Waals surface area contributed by atoms with Gasteiger partial charge in [0.15, 0.2) is 9.84 Å². The number of nitrogens with one attached hydrogen (secondary N) is 1. The molecular weight excluding hydrogens is 315 g/mol. The number of nitriles is 1. The van der Waals surface area contributed by atoms with Gasteiger partial charge in [-0.25, -0.2) is 8.42 Å². The second-order valence-electron chi connectivity index (χ2n) is 4.59.